The van der Waals surface area contributed by atoms with Crippen LogP contribution in [0.25, 0.3) is 0 Å². The van der Waals surface area contributed by atoms with Crippen LogP contribution in [0.1, 0.15) is 10.4 Å². The third-order valence-corrected chi connectivity index (χ3v) is 4.15. The maximum atomic E-state index is 12.1. The number of hydrogen-bond donors (Lipinski definition) is 1. The van der Waals surface area contributed by atoms with Gasteiger partial charge in [-0.3, -0.25) is 4.79 Å². The van der Waals surface area contributed by atoms with E-state index < -0.39 is 10.2 Å². The molecule has 0 bridgehead atoms. The van der Waals surface area contributed by atoms with Gasteiger partial charge in [0.2, 0.25) is 0 Å². The van der Waals surface area contributed by atoms with Gasteiger partial charge in [0, 0.05) is 37.9 Å². The molecule has 104 valence electrons. The molecule has 7 nitrogen and oxygen atoms in total. The van der Waals surface area contributed by atoms with Crippen molar-refractivity contribution >= 4 is 27.7 Å². The summed E-state index contributed by atoms with van der Waals surface area (Å²) in [5.74, 6) is -0.196. The van der Waals surface area contributed by atoms with Gasteiger partial charge in [0.25, 0.3) is 16.1 Å². The first-order valence-corrected chi connectivity index (χ1v) is 7.45. The summed E-state index contributed by atoms with van der Waals surface area (Å²) in [6.45, 7) is 0.997. The highest BCUT2D eigenvalue weighted by molar-refractivity contribution is 7.86. The molecular weight excluding hydrogens is 292 g/mol. The number of nitrogens with zero attached hydrogens (tertiary/aromatic N) is 3. The van der Waals surface area contributed by atoms with Crippen LogP contribution >= 0.6 is 11.6 Å². The molecule has 1 fully saturated rings. The van der Waals surface area contributed by atoms with Crippen LogP contribution in [0.3, 0.4) is 0 Å². The maximum absolute atomic E-state index is 12.1. The minimum Gasteiger partial charge on any atom is -0.336 e. The second-order valence-corrected chi connectivity index (χ2v) is 6.04. The summed E-state index contributed by atoms with van der Waals surface area (Å²) in [5.41, 5.74) is 0.434. The summed E-state index contributed by atoms with van der Waals surface area (Å²) in [6, 6.07) is 3.05. The average molecular weight is 305 g/mol. The van der Waals surface area contributed by atoms with Crippen molar-refractivity contribution in [3.63, 3.8) is 0 Å². The maximum Gasteiger partial charge on any atom is 0.277 e. The Morgan fingerprint density at radius 2 is 1.95 bits per heavy atom. The van der Waals surface area contributed by atoms with Crippen LogP contribution in [0.4, 0.5) is 0 Å². The Bertz CT molecular complexity index is 584. The van der Waals surface area contributed by atoms with Gasteiger partial charge in [-0.2, -0.15) is 12.7 Å². The Balaban J connectivity index is 2.04. The predicted molar refractivity (Wildman–Crippen MR) is 69.8 cm³/mol. The number of nitrogens with two attached hydrogens (primary N) is 1. The van der Waals surface area contributed by atoms with E-state index >= 15 is 0 Å². The van der Waals surface area contributed by atoms with E-state index in [0.29, 0.717) is 18.7 Å². The topological polar surface area (TPSA) is 96.6 Å². The van der Waals surface area contributed by atoms with E-state index in [1.807, 2.05) is 0 Å². The Hall–Kier alpha value is -1.22. The molecule has 19 heavy (non-hydrogen) atoms. The van der Waals surface area contributed by atoms with Crippen molar-refractivity contribution in [2.75, 3.05) is 26.2 Å². The summed E-state index contributed by atoms with van der Waals surface area (Å²) >= 11 is 5.72. The number of halogens is 1. The lowest BCUT2D eigenvalue weighted by Gasteiger charge is -2.32. The number of piperazine rings is 1. The second-order valence-electron chi connectivity index (χ2n) is 4.10. The van der Waals surface area contributed by atoms with Crippen molar-refractivity contribution in [2.45, 2.75) is 0 Å². The molecule has 1 amide bonds. The van der Waals surface area contributed by atoms with E-state index in [2.05, 4.69) is 4.98 Å². The van der Waals surface area contributed by atoms with Crippen molar-refractivity contribution in [2.24, 2.45) is 5.14 Å². The first-order valence-electron chi connectivity index (χ1n) is 5.56. The Morgan fingerprint density at radius 1 is 1.32 bits per heavy atom. The lowest BCUT2D eigenvalue weighted by Crippen LogP contribution is -2.52. The van der Waals surface area contributed by atoms with E-state index in [-0.39, 0.29) is 24.1 Å². The molecular formula is C10H13ClN4O3S. The van der Waals surface area contributed by atoms with Crippen molar-refractivity contribution in [1.29, 1.82) is 0 Å². The van der Waals surface area contributed by atoms with Gasteiger partial charge in [-0.1, -0.05) is 11.6 Å². The second kappa shape index (κ2) is 5.41. The predicted octanol–water partition coefficient (Wildman–Crippen LogP) is -0.304. The molecule has 2 N–H and O–H groups in total. The van der Waals surface area contributed by atoms with E-state index in [1.54, 1.807) is 11.0 Å². The van der Waals surface area contributed by atoms with Gasteiger partial charge in [0.1, 0.15) is 5.15 Å². The lowest BCUT2D eigenvalue weighted by molar-refractivity contribution is 0.0697. The summed E-state index contributed by atoms with van der Waals surface area (Å²) < 4.78 is 23.5. The van der Waals surface area contributed by atoms with E-state index in [9.17, 15) is 13.2 Å². The first-order chi connectivity index (χ1) is 8.88. The van der Waals surface area contributed by atoms with Crippen LogP contribution in [-0.2, 0) is 10.2 Å². The zero-order valence-corrected chi connectivity index (χ0v) is 11.6. The van der Waals surface area contributed by atoms with E-state index in [1.165, 1.54) is 12.3 Å². The van der Waals surface area contributed by atoms with E-state index in [0.717, 1.165) is 4.31 Å². The molecule has 0 atom stereocenters. The number of pyridine rings is 1. The van der Waals surface area contributed by atoms with Gasteiger partial charge in [-0.25, -0.2) is 10.1 Å². The zero-order chi connectivity index (χ0) is 14.0. The molecule has 1 aliphatic rings. The average Bonchev–Trinajstić information content (AvgIpc) is 2.37. The molecule has 9 heteroatoms. The molecule has 0 aromatic carbocycles. The van der Waals surface area contributed by atoms with E-state index in [4.69, 9.17) is 16.7 Å². The molecule has 1 aromatic rings. The molecule has 0 radical (unpaired) electrons. The molecule has 2 heterocycles. The minimum absolute atomic E-state index is 0.196. The number of carbonyl (C=O) groups is 1. The van der Waals surface area contributed by atoms with Crippen LogP contribution in [-0.4, -0.2) is 54.7 Å². The van der Waals surface area contributed by atoms with Crippen LogP contribution in [0.2, 0.25) is 5.15 Å². The normalized spacial score (nSPS) is 17.5. The molecule has 2 rings (SSSR count). The van der Waals surface area contributed by atoms with Gasteiger partial charge < -0.3 is 4.90 Å². The number of aromatic nitrogens is 1. The highest BCUT2D eigenvalue weighted by Gasteiger charge is 2.27. The van der Waals surface area contributed by atoms with Gasteiger partial charge in [0.15, 0.2) is 0 Å². The number of carbonyl (C=O) groups excluding carboxylic acids is 1. The molecule has 0 aliphatic carbocycles. The molecule has 1 saturated heterocycles. The Kier molecular flexibility index (Phi) is 4.04. The lowest BCUT2D eigenvalue weighted by atomic mass is 10.2. The van der Waals surface area contributed by atoms with Crippen LogP contribution in [0.15, 0.2) is 18.3 Å². The first kappa shape index (κ1) is 14.2. The Morgan fingerprint density at radius 3 is 2.47 bits per heavy atom. The van der Waals surface area contributed by atoms with Gasteiger partial charge in [-0.15, -0.1) is 0 Å². The van der Waals surface area contributed by atoms with Gasteiger partial charge in [0.05, 0.1) is 0 Å². The van der Waals surface area contributed by atoms with Crippen LogP contribution < -0.4 is 5.14 Å². The van der Waals surface area contributed by atoms with Crippen molar-refractivity contribution < 1.29 is 13.2 Å². The number of rotatable bonds is 2. The SMILES string of the molecule is NS(=O)(=O)N1CCN(C(=O)c2ccnc(Cl)c2)CC1. The Labute approximate surface area is 116 Å². The summed E-state index contributed by atoms with van der Waals surface area (Å²) in [5, 5.41) is 5.28. The monoisotopic (exact) mass is 304 g/mol. The fourth-order valence-electron chi connectivity index (χ4n) is 1.86. The standard InChI is InChI=1S/C10H13ClN4O3S/c11-9-7-8(1-2-13-9)10(16)14-3-5-15(6-4-14)19(12,17)18/h1-2,7H,3-6H2,(H2,12,17,18). The third-order valence-electron chi connectivity index (χ3n) is 2.86. The van der Waals surface area contributed by atoms with Gasteiger partial charge in [-0.05, 0) is 12.1 Å². The quantitative estimate of drug-likeness (QED) is 0.758. The molecule has 0 unspecified atom stereocenters. The molecule has 1 aliphatic heterocycles. The highest BCUT2D eigenvalue weighted by atomic mass is 35.5. The van der Waals surface area contributed by atoms with Crippen molar-refractivity contribution in [3.8, 4) is 0 Å². The molecule has 1 aromatic heterocycles. The summed E-state index contributed by atoms with van der Waals surface area (Å²) in [4.78, 5) is 17.5. The smallest absolute Gasteiger partial charge is 0.277 e. The number of hydrogen-bond acceptors (Lipinski definition) is 4. The van der Waals surface area contributed by atoms with Crippen LogP contribution in [0, 0.1) is 0 Å². The van der Waals surface area contributed by atoms with Crippen LogP contribution in [0.5, 0.6) is 0 Å². The van der Waals surface area contributed by atoms with Crippen molar-refractivity contribution in [3.05, 3.63) is 29.0 Å². The highest BCUT2D eigenvalue weighted by Crippen LogP contribution is 2.12. The zero-order valence-electron chi connectivity index (χ0n) is 9.99. The summed E-state index contributed by atoms with van der Waals surface area (Å²) in [7, 11) is -3.68. The third kappa shape index (κ3) is 3.41. The van der Waals surface area contributed by atoms with Gasteiger partial charge >= 0.3 is 0 Å². The van der Waals surface area contributed by atoms with Crippen molar-refractivity contribution in [1.82, 2.24) is 14.2 Å². The minimum atomic E-state index is -3.68. The fourth-order valence-corrected chi connectivity index (χ4v) is 2.71. The molecule has 0 spiro atoms. The largest absolute Gasteiger partial charge is 0.336 e. The number of amides is 1. The summed E-state index contributed by atoms with van der Waals surface area (Å²) in [6.07, 6.45) is 1.45. The molecule has 0 saturated carbocycles. The fraction of sp³-hybridized carbons (Fsp3) is 0.400.